The minimum absolute atomic E-state index is 0.0329. The third kappa shape index (κ3) is 6.34. The van der Waals surface area contributed by atoms with E-state index >= 15 is 4.39 Å². The van der Waals surface area contributed by atoms with Gasteiger partial charge in [-0.15, -0.1) is 0 Å². The molecule has 1 aliphatic heterocycles. The Balaban J connectivity index is 1.74. The van der Waals surface area contributed by atoms with Crippen molar-refractivity contribution in [1.82, 2.24) is 10.6 Å². The van der Waals surface area contributed by atoms with Gasteiger partial charge in [-0.2, -0.15) is 0 Å². The van der Waals surface area contributed by atoms with Crippen LogP contribution in [0.4, 0.5) is 10.1 Å². The van der Waals surface area contributed by atoms with Crippen LogP contribution in [0.25, 0.3) is 11.1 Å². The summed E-state index contributed by atoms with van der Waals surface area (Å²) in [6, 6.07) is 18.2. The molecule has 0 saturated carbocycles. The summed E-state index contributed by atoms with van der Waals surface area (Å²) in [6.07, 6.45) is 1.60. The summed E-state index contributed by atoms with van der Waals surface area (Å²) in [5.74, 6) is -1.14. The SMILES string of the molecule is CC(=O)Nc1ccc(CC(=O)C(NC(=O)C2CCCN2)c2ccc(C(C)C)c(F)c2-c2ccccc2)cc1. The Morgan fingerprint density at radius 1 is 0.974 bits per heavy atom. The molecule has 3 N–H and O–H groups in total. The van der Waals surface area contributed by atoms with Crippen LogP contribution in [-0.2, 0) is 20.8 Å². The van der Waals surface area contributed by atoms with Crippen LogP contribution in [0.5, 0.6) is 0 Å². The quantitative estimate of drug-likeness (QED) is 0.361. The van der Waals surface area contributed by atoms with Crippen LogP contribution in [0.15, 0.2) is 66.7 Å². The van der Waals surface area contributed by atoms with E-state index in [0.29, 0.717) is 34.4 Å². The lowest BCUT2D eigenvalue weighted by atomic mass is 9.87. The molecule has 0 aromatic heterocycles. The van der Waals surface area contributed by atoms with Gasteiger partial charge in [-0.05, 0) is 59.7 Å². The lowest BCUT2D eigenvalue weighted by Crippen LogP contribution is -2.44. The predicted molar refractivity (Wildman–Crippen MR) is 147 cm³/mol. The zero-order chi connectivity index (χ0) is 27.2. The number of hydrogen-bond donors (Lipinski definition) is 3. The van der Waals surface area contributed by atoms with Crippen molar-refractivity contribution in [2.45, 2.75) is 58.0 Å². The highest BCUT2D eigenvalue weighted by Gasteiger charge is 2.31. The third-order valence-electron chi connectivity index (χ3n) is 6.84. The Morgan fingerprint density at radius 3 is 2.26 bits per heavy atom. The molecule has 2 amide bonds. The summed E-state index contributed by atoms with van der Waals surface area (Å²) in [7, 11) is 0. The third-order valence-corrected chi connectivity index (χ3v) is 6.84. The maximum absolute atomic E-state index is 16.0. The van der Waals surface area contributed by atoms with Crippen molar-refractivity contribution in [3.05, 3.63) is 89.2 Å². The van der Waals surface area contributed by atoms with Gasteiger partial charge >= 0.3 is 0 Å². The van der Waals surface area contributed by atoms with E-state index in [-0.39, 0.29) is 41.8 Å². The first-order chi connectivity index (χ1) is 18.2. The average Bonchev–Trinajstić information content (AvgIpc) is 3.43. The molecule has 0 radical (unpaired) electrons. The Kier molecular flexibility index (Phi) is 8.69. The van der Waals surface area contributed by atoms with Gasteiger partial charge in [-0.25, -0.2) is 4.39 Å². The highest BCUT2D eigenvalue weighted by Crippen LogP contribution is 2.36. The van der Waals surface area contributed by atoms with Crippen LogP contribution in [-0.4, -0.2) is 30.2 Å². The van der Waals surface area contributed by atoms with Gasteiger partial charge in [0.1, 0.15) is 11.9 Å². The highest BCUT2D eigenvalue weighted by molar-refractivity contribution is 5.95. The standard InChI is InChI=1S/C31H34FN3O3/c1-19(2)24-15-16-25(28(29(24)32)22-8-5-4-6-9-22)30(35-31(38)26-10-7-17-33-26)27(37)18-21-11-13-23(14-12-21)34-20(3)36/h4-6,8-9,11-16,19,26,30,33H,7,10,17-18H2,1-3H3,(H,34,36)(H,35,38). The smallest absolute Gasteiger partial charge is 0.237 e. The summed E-state index contributed by atoms with van der Waals surface area (Å²) in [4.78, 5) is 38.3. The number of rotatable bonds is 9. The first kappa shape index (κ1) is 27.2. The first-order valence-electron chi connectivity index (χ1n) is 13.0. The van der Waals surface area contributed by atoms with Crippen LogP contribution < -0.4 is 16.0 Å². The molecule has 38 heavy (non-hydrogen) atoms. The van der Waals surface area contributed by atoms with Gasteiger partial charge in [0.2, 0.25) is 11.8 Å². The van der Waals surface area contributed by atoms with E-state index in [1.807, 2.05) is 44.2 Å². The number of carbonyl (C=O) groups is 3. The minimum Gasteiger partial charge on any atom is -0.341 e. The van der Waals surface area contributed by atoms with E-state index in [0.717, 1.165) is 18.5 Å². The summed E-state index contributed by atoms with van der Waals surface area (Å²) in [5, 5.41) is 8.83. The molecule has 2 unspecified atom stereocenters. The van der Waals surface area contributed by atoms with Crippen molar-refractivity contribution in [1.29, 1.82) is 0 Å². The Morgan fingerprint density at radius 2 is 1.66 bits per heavy atom. The molecule has 1 aliphatic rings. The molecule has 7 heteroatoms. The summed E-state index contributed by atoms with van der Waals surface area (Å²) in [6.45, 7) is 6.02. The number of hydrogen-bond acceptors (Lipinski definition) is 4. The number of Topliss-reactive ketones (excluding diaryl/α,β-unsaturated/α-hetero) is 1. The van der Waals surface area contributed by atoms with E-state index in [4.69, 9.17) is 0 Å². The monoisotopic (exact) mass is 515 g/mol. The maximum Gasteiger partial charge on any atom is 0.237 e. The molecule has 1 fully saturated rings. The predicted octanol–water partition coefficient (Wildman–Crippen LogP) is 5.30. The fourth-order valence-electron chi connectivity index (χ4n) is 4.89. The van der Waals surface area contributed by atoms with Gasteiger partial charge in [0.25, 0.3) is 0 Å². The molecular weight excluding hydrogens is 481 g/mol. The molecule has 198 valence electrons. The van der Waals surface area contributed by atoms with Crippen molar-refractivity contribution in [3.63, 3.8) is 0 Å². The van der Waals surface area contributed by atoms with Gasteiger partial charge in [-0.3, -0.25) is 14.4 Å². The normalized spacial score (nSPS) is 15.8. The van der Waals surface area contributed by atoms with Gasteiger partial charge in [0.15, 0.2) is 5.78 Å². The van der Waals surface area contributed by atoms with Crippen LogP contribution in [0.2, 0.25) is 0 Å². The second kappa shape index (κ2) is 12.1. The van der Waals surface area contributed by atoms with Gasteiger partial charge in [0.05, 0.1) is 6.04 Å². The summed E-state index contributed by atoms with van der Waals surface area (Å²) >= 11 is 0. The van der Waals surface area contributed by atoms with E-state index in [1.165, 1.54) is 6.92 Å². The van der Waals surface area contributed by atoms with E-state index in [1.54, 1.807) is 36.4 Å². The van der Waals surface area contributed by atoms with E-state index in [9.17, 15) is 14.4 Å². The van der Waals surface area contributed by atoms with Crippen molar-refractivity contribution in [2.24, 2.45) is 0 Å². The second-order valence-electron chi connectivity index (χ2n) is 10.1. The fraction of sp³-hybridized carbons (Fsp3) is 0.323. The number of anilines is 1. The van der Waals surface area contributed by atoms with E-state index < -0.39 is 6.04 Å². The van der Waals surface area contributed by atoms with Crippen molar-refractivity contribution >= 4 is 23.3 Å². The van der Waals surface area contributed by atoms with Gasteiger partial charge in [0, 0.05) is 24.6 Å². The topological polar surface area (TPSA) is 87.3 Å². The number of nitrogens with one attached hydrogen (secondary N) is 3. The molecule has 1 saturated heterocycles. The Labute approximate surface area is 223 Å². The zero-order valence-corrected chi connectivity index (χ0v) is 22.0. The van der Waals surface area contributed by atoms with Crippen molar-refractivity contribution in [2.75, 3.05) is 11.9 Å². The Bertz CT molecular complexity index is 1300. The number of amides is 2. The zero-order valence-electron chi connectivity index (χ0n) is 22.0. The van der Waals surface area contributed by atoms with Crippen LogP contribution in [0.3, 0.4) is 0 Å². The van der Waals surface area contributed by atoms with Crippen LogP contribution in [0.1, 0.15) is 62.3 Å². The Hall–Kier alpha value is -3.84. The van der Waals surface area contributed by atoms with Crippen molar-refractivity contribution in [3.8, 4) is 11.1 Å². The molecule has 3 aromatic rings. The number of ketones is 1. The molecular formula is C31H34FN3O3. The van der Waals surface area contributed by atoms with Gasteiger partial charge < -0.3 is 16.0 Å². The number of halogens is 1. The summed E-state index contributed by atoms with van der Waals surface area (Å²) < 4.78 is 16.0. The molecule has 1 heterocycles. The fourth-order valence-corrected chi connectivity index (χ4v) is 4.89. The number of carbonyl (C=O) groups excluding carboxylic acids is 3. The summed E-state index contributed by atoms with van der Waals surface area (Å²) in [5.41, 5.74) is 3.32. The molecule has 0 aliphatic carbocycles. The van der Waals surface area contributed by atoms with Crippen LogP contribution in [0, 0.1) is 5.82 Å². The largest absolute Gasteiger partial charge is 0.341 e. The molecule has 2 atom stereocenters. The molecule has 3 aromatic carbocycles. The second-order valence-corrected chi connectivity index (χ2v) is 10.1. The highest BCUT2D eigenvalue weighted by atomic mass is 19.1. The lowest BCUT2D eigenvalue weighted by Gasteiger charge is -2.25. The average molecular weight is 516 g/mol. The number of benzene rings is 3. The van der Waals surface area contributed by atoms with E-state index in [2.05, 4.69) is 16.0 Å². The van der Waals surface area contributed by atoms with Crippen molar-refractivity contribution < 1.29 is 18.8 Å². The molecule has 0 spiro atoms. The molecule has 4 rings (SSSR count). The maximum atomic E-state index is 16.0. The minimum atomic E-state index is -1.04. The molecule has 0 bridgehead atoms. The van der Waals surface area contributed by atoms with Crippen LogP contribution >= 0.6 is 0 Å². The molecule has 6 nitrogen and oxygen atoms in total. The van der Waals surface area contributed by atoms with Gasteiger partial charge in [-0.1, -0.05) is 68.4 Å². The first-order valence-corrected chi connectivity index (χ1v) is 13.0. The lowest BCUT2D eigenvalue weighted by molar-refractivity contribution is -0.128.